The maximum atomic E-state index is 12.8. The van der Waals surface area contributed by atoms with E-state index in [1.165, 1.54) is 96.3 Å². The standard InChI is InChI=1S/C59H100O6/c1-4-7-10-13-16-19-22-25-27-29-31-34-37-40-43-46-49-52-58(61)64-55-56(54-63-57(60)51-48-45-42-39-36-33-24-21-18-15-12-9-6-3)65-59(62)53-50-47-44-41-38-35-32-30-28-26-23-20-17-14-11-8-5-2/h16-17,19-21,24-28,31-32,34-35,56H,4-15,18,22-23,29-30,33,36-55H2,1-3H3/b19-16+,20-17+,24-21+,27-25+,28-26+,34-31+,35-32+/t56-/m1/s1. The van der Waals surface area contributed by atoms with E-state index < -0.39 is 6.10 Å². The minimum atomic E-state index is -0.801. The molecule has 0 aliphatic carbocycles. The van der Waals surface area contributed by atoms with Gasteiger partial charge in [-0.05, 0) is 122 Å². The summed E-state index contributed by atoms with van der Waals surface area (Å²) < 4.78 is 16.8. The van der Waals surface area contributed by atoms with Gasteiger partial charge in [0.05, 0.1) is 0 Å². The van der Waals surface area contributed by atoms with Crippen molar-refractivity contribution in [3.63, 3.8) is 0 Å². The van der Waals surface area contributed by atoms with E-state index in [4.69, 9.17) is 14.2 Å². The van der Waals surface area contributed by atoms with E-state index in [0.29, 0.717) is 19.3 Å². The Labute approximate surface area is 401 Å². The number of hydrogen-bond acceptors (Lipinski definition) is 6. The van der Waals surface area contributed by atoms with E-state index >= 15 is 0 Å². The van der Waals surface area contributed by atoms with Gasteiger partial charge in [-0.15, -0.1) is 0 Å². The molecule has 0 unspecified atom stereocenters. The molecule has 0 aromatic carbocycles. The molecule has 0 saturated carbocycles. The molecule has 0 aromatic rings. The van der Waals surface area contributed by atoms with Gasteiger partial charge >= 0.3 is 17.9 Å². The SMILES string of the molecule is CCCCC/C=C/C/C=C/C/C=C/CCCCCCC(=O)OC[C@@H](COC(=O)CCCCCCC/C=C/CCCCCC)OC(=O)CCCCCC/C=C/C/C=C/C/C=C/CCCCC. The van der Waals surface area contributed by atoms with Crippen molar-refractivity contribution in [2.75, 3.05) is 13.2 Å². The Morgan fingerprint density at radius 3 is 0.908 bits per heavy atom. The van der Waals surface area contributed by atoms with E-state index in [2.05, 4.69) is 106 Å². The maximum absolute atomic E-state index is 12.8. The molecule has 0 fully saturated rings. The van der Waals surface area contributed by atoms with E-state index in [9.17, 15) is 14.4 Å². The zero-order chi connectivity index (χ0) is 47.2. The zero-order valence-electron chi connectivity index (χ0n) is 42.5. The highest BCUT2D eigenvalue weighted by Crippen LogP contribution is 2.13. The molecule has 0 aromatic heterocycles. The van der Waals surface area contributed by atoms with E-state index in [-0.39, 0.29) is 31.1 Å². The van der Waals surface area contributed by atoms with Gasteiger partial charge in [0.15, 0.2) is 6.10 Å². The Kier molecular flexibility index (Phi) is 50.4. The predicted molar refractivity (Wildman–Crippen MR) is 279 cm³/mol. The first-order valence-electron chi connectivity index (χ1n) is 27.1. The number of hydrogen-bond donors (Lipinski definition) is 0. The minimum Gasteiger partial charge on any atom is -0.462 e. The van der Waals surface area contributed by atoms with E-state index in [1.54, 1.807) is 0 Å². The summed E-state index contributed by atoms with van der Waals surface area (Å²) in [5, 5.41) is 0. The molecule has 6 nitrogen and oxygen atoms in total. The van der Waals surface area contributed by atoms with Crippen molar-refractivity contribution in [1.82, 2.24) is 0 Å². The third-order valence-corrected chi connectivity index (χ3v) is 11.3. The van der Waals surface area contributed by atoms with Crippen molar-refractivity contribution in [2.24, 2.45) is 0 Å². The van der Waals surface area contributed by atoms with Gasteiger partial charge in [-0.2, -0.15) is 0 Å². The summed E-state index contributed by atoms with van der Waals surface area (Å²) in [5.41, 5.74) is 0. The van der Waals surface area contributed by atoms with Crippen LogP contribution in [0.3, 0.4) is 0 Å². The van der Waals surface area contributed by atoms with Crippen LogP contribution in [0.5, 0.6) is 0 Å². The zero-order valence-corrected chi connectivity index (χ0v) is 42.5. The molecule has 0 N–H and O–H groups in total. The summed E-state index contributed by atoms with van der Waals surface area (Å²) in [6.45, 7) is 6.52. The first kappa shape index (κ1) is 61.6. The lowest BCUT2D eigenvalue weighted by atomic mass is 10.1. The number of carbonyl (C=O) groups is 3. The van der Waals surface area contributed by atoms with Gasteiger partial charge in [0.2, 0.25) is 0 Å². The molecule has 6 heteroatoms. The molecule has 0 spiro atoms. The summed E-state index contributed by atoms with van der Waals surface area (Å²) >= 11 is 0. The molecule has 0 aliphatic rings. The van der Waals surface area contributed by atoms with Crippen LogP contribution in [-0.4, -0.2) is 37.2 Å². The molecule has 1 atom stereocenters. The monoisotopic (exact) mass is 905 g/mol. The van der Waals surface area contributed by atoms with Gasteiger partial charge in [0.25, 0.3) is 0 Å². The van der Waals surface area contributed by atoms with Crippen LogP contribution in [-0.2, 0) is 28.6 Å². The van der Waals surface area contributed by atoms with Gasteiger partial charge in [-0.25, -0.2) is 0 Å². The number of rotatable bonds is 48. The van der Waals surface area contributed by atoms with Gasteiger partial charge < -0.3 is 14.2 Å². The average molecular weight is 905 g/mol. The Morgan fingerprint density at radius 1 is 0.308 bits per heavy atom. The largest absolute Gasteiger partial charge is 0.462 e. The maximum Gasteiger partial charge on any atom is 0.306 e. The lowest BCUT2D eigenvalue weighted by Crippen LogP contribution is -2.30. The first-order valence-corrected chi connectivity index (χ1v) is 27.1. The van der Waals surface area contributed by atoms with Crippen molar-refractivity contribution >= 4 is 17.9 Å². The van der Waals surface area contributed by atoms with Crippen molar-refractivity contribution in [1.29, 1.82) is 0 Å². The molecule has 0 aliphatic heterocycles. The van der Waals surface area contributed by atoms with Crippen LogP contribution in [0, 0.1) is 0 Å². The van der Waals surface area contributed by atoms with Crippen LogP contribution in [0.1, 0.15) is 252 Å². The normalized spacial score (nSPS) is 12.7. The molecule has 0 bridgehead atoms. The van der Waals surface area contributed by atoms with Crippen LogP contribution < -0.4 is 0 Å². The van der Waals surface area contributed by atoms with Crippen LogP contribution in [0.15, 0.2) is 85.1 Å². The molecular formula is C59H100O6. The number of unbranched alkanes of at least 4 members (excludes halogenated alkanes) is 23. The number of carbonyl (C=O) groups excluding carboxylic acids is 3. The second-order valence-electron chi connectivity index (χ2n) is 17.8. The summed E-state index contributed by atoms with van der Waals surface area (Å²) in [6, 6.07) is 0. The fourth-order valence-corrected chi connectivity index (χ4v) is 7.21. The third-order valence-electron chi connectivity index (χ3n) is 11.3. The van der Waals surface area contributed by atoms with Crippen LogP contribution in [0.25, 0.3) is 0 Å². The highest BCUT2D eigenvalue weighted by Gasteiger charge is 2.19. The number of ether oxygens (including phenoxy) is 3. The highest BCUT2D eigenvalue weighted by molar-refractivity contribution is 5.71. The van der Waals surface area contributed by atoms with Gasteiger partial charge in [-0.3, -0.25) is 14.4 Å². The summed E-state index contributed by atoms with van der Waals surface area (Å²) in [4.78, 5) is 38.0. The smallest absolute Gasteiger partial charge is 0.306 e. The quantitative estimate of drug-likeness (QED) is 0.0262. The van der Waals surface area contributed by atoms with E-state index in [0.717, 1.165) is 116 Å². The van der Waals surface area contributed by atoms with Crippen LogP contribution >= 0.6 is 0 Å². The van der Waals surface area contributed by atoms with Crippen molar-refractivity contribution < 1.29 is 28.6 Å². The molecule has 0 heterocycles. The van der Waals surface area contributed by atoms with E-state index in [1.807, 2.05) is 0 Å². The predicted octanol–water partition coefficient (Wildman–Crippen LogP) is 18.0. The summed E-state index contributed by atoms with van der Waals surface area (Å²) in [7, 11) is 0. The topological polar surface area (TPSA) is 78.9 Å². The molecule has 0 radical (unpaired) electrons. The lowest BCUT2D eigenvalue weighted by Gasteiger charge is -2.18. The summed E-state index contributed by atoms with van der Waals surface area (Å²) in [5.74, 6) is -0.949. The Balaban J connectivity index is 4.48. The van der Waals surface area contributed by atoms with Crippen molar-refractivity contribution in [2.45, 2.75) is 258 Å². The molecule has 0 rings (SSSR count). The Bertz CT molecular complexity index is 1270. The van der Waals surface area contributed by atoms with Gasteiger partial charge in [0.1, 0.15) is 13.2 Å². The van der Waals surface area contributed by atoms with Crippen molar-refractivity contribution in [3.8, 4) is 0 Å². The highest BCUT2D eigenvalue weighted by atomic mass is 16.6. The molecule has 0 amide bonds. The Morgan fingerprint density at radius 2 is 0.554 bits per heavy atom. The molecule has 65 heavy (non-hydrogen) atoms. The first-order chi connectivity index (χ1) is 32.0. The Hall–Kier alpha value is -3.41. The van der Waals surface area contributed by atoms with Crippen molar-refractivity contribution in [3.05, 3.63) is 85.1 Å². The molecule has 372 valence electrons. The van der Waals surface area contributed by atoms with Gasteiger partial charge in [-0.1, -0.05) is 196 Å². The average Bonchev–Trinajstić information content (AvgIpc) is 3.30. The fraction of sp³-hybridized carbons (Fsp3) is 0.712. The second-order valence-corrected chi connectivity index (χ2v) is 17.8. The van der Waals surface area contributed by atoms with Crippen LogP contribution in [0.4, 0.5) is 0 Å². The third kappa shape index (κ3) is 51.4. The molecule has 0 saturated heterocycles. The minimum absolute atomic E-state index is 0.0978. The van der Waals surface area contributed by atoms with Crippen LogP contribution in [0.2, 0.25) is 0 Å². The van der Waals surface area contributed by atoms with Gasteiger partial charge in [0, 0.05) is 19.3 Å². The number of allylic oxidation sites excluding steroid dienone is 14. The second kappa shape index (κ2) is 53.2. The molecular weight excluding hydrogens is 805 g/mol. The summed E-state index contributed by atoms with van der Waals surface area (Å²) in [6.07, 6.45) is 68.4. The fourth-order valence-electron chi connectivity index (χ4n) is 7.21. The number of esters is 3. The lowest BCUT2D eigenvalue weighted by molar-refractivity contribution is -0.167.